The Morgan fingerprint density at radius 1 is 1.09 bits per heavy atom. The summed E-state index contributed by atoms with van der Waals surface area (Å²) in [5.41, 5.74) is 3.29. The van der Waals surface area contributed by atoms with Crippen molar-refractivity contribution in [3.05, 3.63) is 58.9 Å². The highest BCUT2D eigenvalue weighted by Crippen LogP contribution is 2.37. The molecule has 0 aliphatic carbocycles. The summed E-state index contributed by atoms with van der Waals surface area (Å²) < 4.78 is 25.0. The summed E-state index contributed by atoms with van der Waals surface area (Å²) in [5, 5.41) is 3.48. The minimum Gasteiger partial charge on any atom is -0.490 e. The van der Waals surface area contributed by atoms with Crippen LogP contribution in [0.25, 0.3) is 0 Å². The van der Waals surface area contributed by atoms with Crippen molar-refractivity contribution in [1.29, 1.82) is 0 Å². The topological polar surface area (TPSA) is 30.5 Å². The van der Waals surface area contributed by atoms with Crippen LogP contribution in [0.2, 0.25) is 0 Å². The van der Waals surface area contributed by atoms with Crippen LogP contribution in [-0.2, 0) is 6.42 Å². The Morgan fingerprint density at radius 2 is 1.83 bits per heavy atom. The van der Waals surface area contributed by atoms with E-state index in [1.54, 1.807) is 12.1 Å². The normalized spacial score (nSPS) is 16.7. The summed E-state index contributed by atoms with van der Waals surface area (Å²) in [6, 6.07) is 10.8. The zero-order valence-corrected chi connectivity index (χ0v) is 13.6. The molecule has 1 unspecified atom stereocenters. The largest absolute Gasteiger partial charge is 0.490 e. The second kappa shape index (κ2) is 7.01. The first-order valence-corrected chi connectivity index (χ1v) is 8.14. The number of rotatable bonds is 5. The number of benzene rings is 2. The maximum Gasteiger partial charge on any atom is 0.161 e. The lowest BCUT2D eigenvalue weighted by molar-refractivity contribution is 0.286. The lowest BCUT2D eigenvalue weighted by Gasteiger charge is -2.29. The zero-order chi connectivity index (χ0) is 16.2. The quantitative estimate of drug-likeness (QED) is 0.909. The van der Waals surface area contributed by atoms with Gasteiger partial charge in [-0.1, -0.05) is 12.1 Å². The third-order valence-electron chi connectivity index (χ3n) is 4.04. The summed E-state index contributed by atoms with van der Waals surface area (Å²) in [5.74, 6) is 1.32. The average molecular weight is 315 g/mol. The van der Waals surface area contributed by atoms with Gasteiger partial charge in [-0.3, -0.25) is 0 Å². The van der Waals surface area contributed by atoms with Crippen molar-refractivity contribution in [2.24, 2.45) is 0 Å². The predicted octanol–water partition coefficient (Wildman–Crippen LogP) is 3.86. The molecular formula is C19H22FNO2. The first kappa shape index (κ1) is 15.8. The lowest BCUT2D eigenvalue weighted by Crippen LogP contribution is -2.30. The SMILES string of the molecule is CCOc1cc2c(cc1OCC)C(c1cccc(F)c1)NCC2. The van der Waals surface area contributed by atoms with Gasteiger partial charge in [0.05, 0.1) is 19.3 Å². The summed E-state index contributed by atoms with van der Waals surface area (Å²) >= 11 is 0. The van der Waals surface area contributed by atoms with Crippen molar-refractivity contribution in [3.8, 4) is 11.5 Å². The molecule has 0 aromatic heterocycles. The molecule has 2 aromatic rings. The molecule has 0 fully saturated rings. The van der Waals surface area contributed by atoms with Gasteiger partial charge in [0.2, 0.25) is 0 Å². The fourth-order valence-corrected chi connectivity index (χ4v) is 3.08. The first-order chi connectivity index (χ1) is 11.2. The molecule has 1 heterocycles. The van der Waals surface area contributed by atoms with E-state index in [1.165, 1.54) is 11.6 Å². The van der Waals surface area contributed by atoms with Crippen LogP contribution in [-0.4, -0.2) is 19.8 Å². The molecule has 1 aliphatic heterocycles. The number of halogens is 1. The van der Waals surface area contributed by atoms with Crippen LogP contribution >= 0.6 is 0 Å². The maximum atomic E-state index is 13.6. The standard InChI is InChI=1S/C19H22FNO2/c1-3-22-17-11-13-8-9-21-19(14-6-5-7-15(20)10-14)16(13)12-18(17)23-4-2/h5-7,10-12,19,21H,3-4,8-9H2,1-2H3. The molecule has 0 amide bonds. The Balaban J connectivity index is 2.05. The van der Waals surface area contributed by atoms with Crippen molar-refractivity contribution in [2.45, 2.75) is 26.3 Å². The molecule has 23 heavy (non-hydrogen) atoms. The van der Waals surface area contributed by atoms with Crippen molar-refractivity contribution in [2.75, 3.05) is 19.8 Å². The zero-order valence-electron chi connectivity index (χ0n) is 13.6. The van der Waals surface area contributed by atoms with Gasteiger partial charge in [0.1, 0.15) is 5.82 Å². The molecule has 0 spiro atoms. The van der Waals surface area contributed by atoms with E-state index in [1.807, 2.05) is 26.0 Å². The molecule has 0 radical (unpaired) electrons. The maximum absolute atomic E-state index is 13.6. The van der Waals surface area contributed by atoms with Gasteiger partial charge in [-0.25, -0.2) is 4.39 Å². The van der Waals surface area contributed by atoms with Gasteiger partial charge in [0.25, 0.3) is 0 Å². The molecule has 1 N–H and O–H groups in total. The lowest BCUT2D eigenvalue weighted by atomic mass is 9.89. The van der Waals surface area contributed by atoms with E-state index in [9.17, 15) is 4.39 Å². The Hall–Kier alpha value is -2.07. The minimum absolute atomic E-state index is 0.0238. The number of nitrogens with one attached hydrogen (secondary N) is 1. The Morgan fingerprint density at radius 3 is 2.52 bits per heavy atom. The molecule has 4 heteroatoms. The van der Waals surface area contributed by atoms with Crippen molar-refractivity contribution < 1.29 is 13.9 Å². The minimum atomic E-state index is -0.215. The number of fused-ring (bicyclic) bond motifs is 1. The number of ether oxygens (including phenoxy) is 2. The predicted molar refractivity (Wildman–Crippen MR) is 88.7 cm³/mol. The van der Waals surface area contributed by atoms with Gasteiger partial charge in [0, 0.05) is 6.54 Å². The summed E-state index contributed by atoms with van der Waals surface area (Å²) in [7, 11) is 0. The molecule has 1 atom stereocenters. The van der Waals surface area contributed by atoms with Gasteiger partial charge in [0.15, 0.2) is 11.5 Å². The van der Waals surface area contributed by atoms with Crippen LogP contribution in [0.4, 0.5) is 4.39 Å². The van der Waals surface area contributed by atoms with Crippen LogP contribution in [0, 0.1) is 5.82 Å². The summed E-state index contributed by atoms with van der Waals surface area (Å²) in [6.07, 6.45) is 0.924. The summed E-state index contributed by atoms with van der Waals surface area (Å²) in [6.45, 7) is 5.96. The Labute approximate surface area is 136 Å². The molecular weight excluding hydrogens is 293 g/mol. The highest BCUT2D eigenvalue weighted by Gasteiger charge is 2.24. The van der Waals surface area contributed by atoms with Crippen molar-refractivity contribution in [3.63, 3.8) is 0 Å². The highest BCUT2D eigenvalue weighted by molar-refractivity contribution is 5.51. The van der Waals surface area contributed by atoms with Crippen LogP contribution in [0.1, 0.15) is 36.6 Å². The van der Waals surface area contributed by atoms with Gasteiger partial charge in [-0.2, -0.15) is 0 Å². The third kappa shape index (κ3) is 3.32. The van der Waals surface area contributed by atoms with E-state index < -0.39 is 0 Å². The second-order valence-electron chi connectivity index (χ2n) is 5.56. The molecule has 3 nitrogen and oxygen atoms in total. The molecule has 0 saturated heterocycles. The van der Waals surface area contributed by atoms with E-state index >= 15 is 0 Å². The van der Waals surface area contributed by atoms with Crippen LogP contribution < -0.4 is 14.8 Å². The van der Waals surface area contributed by atoms with Gasteiger partial charge in [-0.05, 0) is 61.2 Å². The molecule has 1 aliphatic rings. The van der Waals surface area contributed by atoms with Crippen LogP contribution in [0.5, 0.6) is 11.5 Å². The number of hydrogen-bond acceptors (Lipinski definition) is 3. The van der Waals surface area contributed by atoms with E-state index in [0.717, 1.165) is 35.6 Å². The molecule has 122 valence electrons. The fourth-order valence-electron chi connectivity index (χ4n) is 3.08. The highest BCUT2D eigenvalue weighted by atomic mass is 19.1. The number of hydrogen-bond donors (Lipinski definition) is 1. The molecule has 2 aromatic carbocycles. The van der Waals surface area contributed by atoms with Crippen LogP contribution in [0.15, 0.2) is 36.4 Å². The monoisotopic (exact) mass is 315 g/mol. The van der Waals surface area contributed by atoms with E-state index in [-0.39, 0.29) is 11.9 Å². The fraction of sp³-hybridized carbons (Fsp3) is 0.368. The molecule has 0 bridgehead atoms. The van der Waals surface area contributed by atoms with Crippen molar-refractivity contribution in [1.82, 2.24) is 5.32 Å². The molecule has 0 saturated carbocycles. The Bertz CT molecular complexity index is 687. The van der Waals surface area contributed by atoms with Gasteiger partial charge >= 0.3 is 0 Å². The van der Waals surface area contributed by atoms with Gasteiger partial charge in [-0.15, -0.1) is 0 Å². The second-order valence-corrected chi connectivity index (χ2v) is 5.56. The van der Waals surface area contributed by atoms with E-state index in [0.29, 0.717) is 13.2 Å². The molecule has 3 rings (SSSR count). The van der Waals surface area contributed by atoms with E-state index in [4.69, 9.17) is 9.47 Å². The van der Waals surface area contributed by atoms with Crippen LogP contribution in [0.3, 0.4) is 0 Å². The third-order valence-corrected chi connectivity index (χ3v) is 4.04. The van der Waals surface area contributed by atoms with Gasteiger partial charge < -0.3 is 14.8 Å². The smallest absolute Gasteiger partial charge is 0.161 e. The van der Waals surface area contributed by atoms with E-state index in [2.05, 4.69) is 11.4 Å². The Kier molecular flexibility index (Phi) is 4.82. The summed E-state index contributed by atoms with van der Waals surface area (Å²) in [4.78, 5) is 0. The average Bonchev–Trinajstić information content (AvgIpc) is 2.55. The first-order valence-electron chi connectivity index (χ1n) is 8.14. The van der Waals surface area contributed by atoms with Crippen molar-refractivity contribution >= 4 is 0 Å².